The first-order valence-electron chi connectivity index (χ1n) is 11.2. The molecule has 0 aliphatic carbocycles. The van der Waals surface area contributed by atoms with Crippen LogP contribution in [0.4, 0.5) is 5.69 Å². The van der Waals surface area contributed by atoms with E-state index in [0.717, 1.165) is 30.6 Å². The van der Waals surface area contributed by atoms with E-state index in [-0.39, 0.29) is 10.8 Å². The number of hydrogen-bond donors (Lipinski definition) is 3. The molecular weight excluding hydrogens is 450 g/mol. The van der Waals surface area contributed by atoms with Gasteiger partial charge < -0.3 is 15.6 Å². The number of carbonyl (C=O) groups excluding carboxylic acids is 1. The molecule has 5 rings (SSSR count). The van der Waals surface area contributed by atoms with E-state index in [1.165, 1.54) is 5.56 Å². The summed E-state index contributed by atoms with van der Waals surface area (Å²) in [7, 11) is -3.35. The summed E-state index contributed by atoms with van der Waals surface area (Å²) in [5.74, 6) is -0.218. The lowest BCUT2D eigenvalue weighted by atomic mass is 9.98. The molecule has 0 bridgehead atoms. The molecule has 9 heteroatoms. The van der Waals surface area contributed by atoms with Crippen LogP contribution in [0.3, 0.4) is 0 Å². The number of rotatable bonds is 5. The molecule has 0 spiro atoms. The van der Waals surface area contributed by atoms with Gasteiger partial charge in [-0.3, -0.25) is 4.79 Å². The van der Waals surface area contributed by atoms with Gasteiger partial charge in [0.25, 0.3) is 5.91 Å². The third-order valence-electron chi connectivity index (χ3n) is 6.08. The Hall–Kier alpha value is -3.56. The molecule has 1 aliphatic heterocycles. The topological polar surface area (TPSA) is 117 Å². The molecule has 0 fully saturated rings. The fourth-order valence-corrected chi connectivity index (χ4v) is 5.09. The number of nitrogens with zero attached hydrogens (tertiary/aromatic N) is 2. The zero-order chi connectivity index (χ0) is 23.9. The molecule has 4 aromatic rings. The maximum Gasteiger partial charge on any atom is 0.255 e. The molecule has 0 atom stereocenters. The summed E-state index contributed by atoms with van der Waals surface area (Å²) in [6.07, 6.45) is 4.25. The van der Waals surface area contributed by atoms with Gasteiger partial charge in [-0.15, -0.1) is 0 Å². The smallest absolute Gasteiger partial charge is 0.255 e. The van der Waals surface area contributed by atoms with Crippen LogP contribution >= 0.6 is 0 Å². The Labute approximate surface area is 197 Å². The molecule has 2 aromatic heterocycles. The quantitative estimate of drug-likeness (QED) is 0.405. The molecule has 0 saturated carbocycles. The zero-order valence-electron chi connectivity index (χ0n) is 18.9. The van der Waals surface area contributed by atoms with Crippen molar-refractivity contribution in [1.29, 1.82) is 0 Å². The monoisotopic (exact) mass is 475 g/mol. The van der Waals surface area contributed by atoms with E-state index in [1.54, 1.807) is 50.5 Å². The lowest BCUT2D eigenvalue weighted by molar-refractivity contribution is 0.102. The first kappa shape index (κ1) is 22.2. The average molecular weight is 476 g/mol. The van der Waals surface area contributed by atoms with E-state index >= 15 is 0 Å². The lowest BCUT2D eigenvalue weighted by Gasteiger charge is -2.17. The number of amides is 1. The van der Waals surface area contributed by atoms with Crippen LogP contribution in [0, 0.1) is 0 Å². The van der Waals surface area contributed by atoms with E-state index in [2.05, 4.69) is 25.6 Å². The summed E-state index contributed by atoms with van der Waals surface area (Å²) in [5, 5.41) is 5.77. The van der Waals surface area contributed by atoms with Crippen molar-refractivity contribution in [1.82, 2.24) is 20.3 Å². The van der Waals surface area contributed by atoms with Gasteiger partial charge >= 0.3 is 0 Å². The number of H-pyrrole nitrogens is 1. The number of aromatic amines is 1. The predicted molar refractivity (Wildman–Crippen MR) is 131 cm³/mol. The number of hydrogen-bond acceptors (Lipinski definition) is 6. The standard InChI is InChI=1S/C25H25N5O3S/c1-15(2)34(32,33)20-7-5-17(6-8-20)21-13-27-24-23(29-21)22(14-28-24)30-25(31)18-4-3-16-9-10-26-12-19(16)11-18/h3-8,11,13-15,26H,9-10,12H2,1-2H3,(H,27,28)(H,30,31). The minimum atomic E-state index is -3.35. The van der Waals surface area contributed by atoms with Crippen LogP contribution in [0.25, 0.3) is 22.4 Å². The Morgan fingerprint density at radius 1 is 1.09 bits per heavy atom. The van der Waals surface area contributed by atoms with E-state index < -0.39 is 15.1 Å². The summed E-state index contributed by atoms with van der Waals surface area (Å²) < 4.78 is 24.8. The second-order valence-electron chi connectivity index (χ2n) is 8.64. The van der Waals surface area contributed by atoms with Crippen molar-refractivity contribution in [3.8, 4) is 11.3 Å². The maximum absolute atomic E-state index is 12.9. The van der Waals surface area contributed by atoms with Crippen LogP contribution in [0.1, 0.15) is 35.3 Å². The molecule has 2 aromatic carbocycles. The summed E-state index contributed by atoms with van der Waals surface area (Å²) in [4.78, 5) is 25.3. The number of anilines is 1. The molecule has 0 radical (unpaired) electrons. The Balaban J connectivity index is 1.42. The van der Waals surface area contributed by atoms with Crippen molar-refractivity contribution >= 4 is 32.6 Å². The average Bonchev–Trinajstić information content (AvgIpc) is 3.25. The Kier molecular flexibility index (Phi) is 5.66. The van der Waals surface area contributed by atoms with Gasteiger partial charge in [0.05, 0.1) is 27.7 Å². The summed E-state index contributed by atoms with van der Waals surface area (Å²) in [6, 6.07) is 12.4. The molecule has 1 amide bonds. The number of benzene rings is 2. The van der Waals surface area contributed by atoms with Crippen LogP contribution in [0.5, 0.6) is 0 Å². The van der Waals surface area contributed by atoms with Crippen molar-refractivity contribution in [3.05, 3.63) is 71.5 Å². The number of fused-ring (bicyclic) bond motifs is 2. The minimum Gasteiger partial charge on any atom is -0.343 e. The van der Waals surface area contributed by atoms with E-state index in [1.807, 2.05) is 18.2 Å². The van der Waals surface area contributed by atoms with Crippen LogP contribution in [0.2, 0.25) is 0 Å². The van der Waals surface area contributed by atoms with Gasteiger partial charge in [-0.2, -0.15) is 0 Å². The number of carbonyl (C=O) groups is 1. The molecule has 0 unspecified atom stereocenters. The molecule has 174 valence electrons. The SMILES string of the molecule is CC(C)S(=O)(=O)c1ccc(-c2cnc3[nH]cc(NC(=O)c4ccc5c(c4)CNCC5)c3n2)cc1. The first-order valence-corrected chi connectivity index (χ1v) is 12.7. The van der Waals surface area contributed by atoms with Gasteiger partial charge in [0.15, 0.2) is 15.5 Å². The molecule has 34 heavy (non-hydrogen) atoms. The van der Waals surface area contributed by atoms with Gasteiger partial charge in [0.1, 0.15) is 5.52 Å². The van der Waals surface area contributed by atoms with Crippen LogP contribution in [-0.4, -0.2) is 41.1 Å². The molecule has 3 heterocycles. The fraction of sp³-hybridized carbons (Fsp3) is 0.240. The van der Waals surface area contributed by atoms with E-state index in [0.29, 0.717) is 28.1 Å². The van der Waals surface area contributed by atoms with Gasteiger partial charge in [-0.05, 0) is 62.2 Å². The summed E-state index contributed by atoms with van der Waals surface area (Å²) >= 11 is 0. The Morgan fingerprint density at radius 3 is 2.65 bits per heavy atom. The van der Waals surface area contributed by atoms with Crippen LogP contribution in [-0.2, 0) is 22.8 Å². The van der Waals surface area contributed by atoms with Crippen LogP contribution in [0.15, 0.2) is 59.8 Å². The molecule has 3 N–H and O–H groups in total. The molecule has 1 aliphatic rings. The third-order valence-corrected chi connectivity index (χ3v) is 8.25. The van der Waals surface area contributed by atoms with Crippen molar-refractivity contribution in [2.75, 3.05) is 11.9 Å². The number of sulfone groups is 1. The summed E-state index contributed by atoms with van der Waals surface area (Å²) in [5.41, 5.74) is 5.92. The molecular formula is C25H25N5O3S. The van der Waals surface area contributed by atoms with Gasteiger partial charge in [-0.25, -0.2) is 18.4 Å². The zero-order valence-corrected chi connectivity index (χ0v) is 19.7. The van der Waals surface area contributed by atoms with Crippen molar-refractivity contribution in [3.63, 3.8) is 0 Å². The van der Waals surface area contributed by atoms with Crippen molar-refractivity contribution < 1.29 is 13.2 Å². The van der Waals surface area contributed by atoms with Gasteiger partial charge in [-0.1, -0.05) is 18.2 Å². The highest BCUT2D eigenvalue weighted by atomic mass is 32.2. The highest BCUT2D eigenvalue weighted by Gasteiger charge is 2.19. The normalized spacial score (nSPS) is 13.7. The predicted octanol–water partition coefficient (Wildman–Crippen LogP) is 3.71. The van der Waals surface area contributed by atoms with Crippen molar-refractivity contribution in [2.45, 2.75) is 37.0 Å². The number of nitrogens with one attached hydrogen (secondary N) is 3. The van der Waals surface area contributed by atoms with Gasteiger partial charge in [0.2, 0.25) is 0 Å². The second-order valence-corrected chi connectivity index (χ2v) is 11.1. The van der Waals surface area contributed by atoms with Crippen LogP contribution < -0.4 is 10.6 Å². The maximum atomic E-state index is 12.9. The lowest BCUT2D eigenvalue weighted by Crippen LogP contribution is -2.24. The van der Waals surface area contributed by atoms with Crippen molar-refractivity contribution in [2.24, 2.45) is 0 Å². The number of aromatic nitrogens is 3. The van der Waals surface area contributed by atoms with E-state index in [4.69, 9.17) is 0 Å². The third kappa shape index (κ3) is 4.08. The highest BCUT2D eigenvalue weighted by Crippen LogP contribution is 2.26. The largest absolute Gasteiger partial charge is 0.343 e. The minimum absolute atomic E-state index is 0.218. The molecule has 0 saturated heterocycles. The Morgan fingerprint density at radius 2 is 1.88 bits per heavy atom. The molecule has 8 nitrogen and oxygen atoms in total. The second kappa shape index (κ2) is 8.66. The summed E-state index contributed by atoms with van der Waals surface area (Å²) in [6.45, 7) is 5.03. The van der Waals surface area contributed by atoms with Gasteiger partial charge in [0, 0.05) is 23.9 Å². The van der Waals surface area contributed by atoms with E-state index in [9.17, 15) is 13.2 Å². The Bertz CT molecular complexity index is 1490. The highest BCUT2D eigenvalue weighted by molar-refractivity contribution is 7.92. The first-order chi connectivity index (χ1) is 16.3. The fourth-order valence-electron chi connectivity index (χ4n) is 4.03.